The number of rotatable bonds is 6. The summed E-state index contributed by atoms with van der Waals surface area (Å²) in [6.07, 6.45) is 9.51. The Balaban J connectivity index is 0.00000167. The van der Waals surface area contributed by atoms with E-state index in [9.17, 15) is 0 Å². The summed E-state index contributed by atoms with van der Waals surface area (Å²) in [6, 6.07) is 16.8. The maximum absolute atomic E-state index is 5.03. The van der Waals surface area contributed by atoms with Gasteiger partial charge in [-0.2, -0.15) is 0 Å². The molecule has 3 aromatic rings. The van der Waals surface area contributed by atoms with Crippen LogP contribution in [0.25, 0.3) is 34.3 Å². The number of allylic oxidation sites excluding steroid dienone is 4. The second-order valence-electron chi connectivity index (χ2n) is 7.93. The number of benzene rings is 1. The van der Waals surface area contributed by atoms with E-state index in [-0.39, 0.29) is 0 Å². The molecular formula is C31H32BrN3. The van der Waals surface area contributed by atoms with E-state index in [2.05, 4.69) is 89.5 Å². The molecule has 1 aromatic carbocycles. The van der Waals surface area contributed by atoms with Gasteiger partial charge in [0.1, 0.15) is 0 Å². The van der Waals surface area contributed by atoms with Crippen LogP contribution in [0.5, 0.6) is 0 Å². The molecule has 4 rings (SSSR count). The molecule has 0 spiro atoms. The van der Waals surface area contributed by atoms with Crippen LogP contribution in [-0.2, 0) is 6.42 Å². The van der Waals surface area contributed by atoms with E-state index in [0.29, 0.717) is 0 Å². The topological polar surface area (TPSA) is 38.1 Å². The third-order valence-electron chi connectivity index (χ3n) is 5.69. The fourth-order valence-electron chi connectivity index (χ4n) is 3.95. The van der Waals surface area contributed by atoms with E-state index in [1.165, 1.54) is 5.56 Å². The van der Waals surface area contributed by atoms with Crippen molar-refractivity contribution in [3.05, 3.63) is 106 Å². The second-order valence-corrected chi connectivity index (χ2v) is 8.95. The van der Waals surface area contributed by atoms with Crippen LogP contribution in [0.4, 0.5) is 0 Å². The van der Waals surface area contributed by atoms with E-state index in [4.69, 9.17) is 9.97 Å². The molecule has 0 radical (unpaired) electrons. The Morgan fingerprint density at radius 2 is 1.69 bits per heavy atom. The predicted molar refractivity (Wildman–Crippen MR) is 156 cm³/mol. The van der Waals surface area contributed by atoms with Crippen LogP contribution in [0.3, 0.4) is 0 Å². The first-order valence-corrected chi connectivity index (χ1v) is 12.7. The molecule has 0 amide bonds. The number of hydrogen-bond donors (Lipinski definition) is 0. The Hall–Kier alpha value is -3.37. The van der Waals surface area contributed by atoms with Gasteiger partial charge in [-0.3, -0.25) is 4.99 Å². The zero-order chi connectivity index (χ0) is 25.4. The SMILES string of the molecule is C=CC1=C(N=CC)c2nc(-c3cccc(-c4ccc(C)c(/C=C\C(=C)Br)n4)c3)ccc2CC1.CC. The summed E-state index contributed by atoms with van der Waals surface area (Å²) in [5, 5.41) is 0. The zero-order valence-corrected chi connectivity index (χ0v) is 22.6. The summed E-state index contributed by atoms with van der Waals surface area (Å²) in [4.78, 5) is 14.5. The van der Waals surface area contributed by atoms with Gasteiger partial charge in [0, 0.05) is 21.8 Å². The molecule has 1 aliphatic rings. The Bertz CT molecular complexity index is 1330. The molecule has 35 heavy (non-hydrogen) atoms. The van der Waals surface area contributed by atoms with Crippen molar-refractivity contribution in [2.75, 3.05) is 0 Å². The van der Waals surface area contributed by atoms with E-state index in [1.54, 1.807) is 0 Å². The van der Waals surface area contributed by atoms with Gasteiger partial charge in [0.2, 0.25) is 0 Å². The quantitative estimate of drug-likeness (QED) is 0.237. The maximum Gasteiger partial charge on any atom is 0.0928 e. The van der Waals surface area contributed by atoms with Gasteiger partial charge in [0.15, 0.2) is 0 Å². The van der Waals surface area contributed by atoms with Gasteiger partial charge < -0.3 is 0 Å². The molecular weight excluding hydrogens is 494 g/mol. The lowest BCUT2D eigenvalue weighted by molar-refractivity contribution is 0.918. The highest BCUT2D eigenvalue weighted by atomic mass is 79.9. The Kier molecular flexibility index (Phi) is 9.27. The van der Waals surface area contributed by atoms with Gasteiger partial charge in [0.05, 0.1) is 28.5 Å². The first kappa shape index (κ1) is 26.2. The highest BCUT2D eigenvalue weighted by molar-refractivity contribution is 9.11. The number of halogens is 1. The van der Waals surface area contributed by atoms with Crippen molar-refractivity contribution < 1.29 is 0 Å². The normalized spacial score (nSPS) is 12.9. The molecule has 2 aromatic heterocycles. The van der Waals surface area contributed by atoms with Crippen LogP contribution in [0.15, 0.2) is 88.9 Å². The van der Waals surface area contributed by atoms with Crippen molar-refractivity contribution in [3.8, 4) is 22.5 Å². The molecule has 2 heterocycles. The second kappa shape index (κ2) is 12.4. The zero-order valence-electron chi connectivity index (χ0n) is 21.0. The highest BCUT2D eigenvalue weighted by Crippen LogP contribution is 2.34. The number of pyridine rings is 2. The van der Waals surface area contributed by atoms with Crippen LogP contribution >= 0.6 is 15.9 Å². The first-order chi connectivity index (χ1) is 17.0. The van der Waals surface area contributed by atoms with Crippen molar-refractivity contribution in [1.82, 2.24) is 9.97 Å². The molecule has 0 fully saturated rings. The lowest BCUT2D eigenvalue weighted by Gasteiger charge is -2.19. The molecule has 0 atom stereocenters. The smallest absolute Gasteiger partial charge is 0.0928 e. The van der Waals surface area contributed by atoms with E-state index >= 15 is 0 Å². The van der Waals surface area contributed by atoms with Gasteiger partial charge in [0.25, 0.3) is 0 Å². The van der Waals surface area contributed by atoms with Crippen LogP contribution < -0.4 is 0 Å². The largest absolute Gasteiger partial charge is 0.259 e. The van der Waals surface area contributed by atoms with Crippen molar-refractivity contribution in [1.29, 1.82) is 0 Å². The maximum atomic E-state index is 5.03. The Labute approximate surface area is 217 Å². The molecule has 0 bridgehead atoms. The number of fused-ring (bicyclic) bond motifs is 1. The summed E-state index contributed by atoms with van der Waals surface area (Å²) >= 11 is 3.37. The van der Waals surface area contributed by atoms with Gasteiger partial charge in [-0.15, -0.1) is 0 Å². The first-order valence-electron chi connectivity index (χ1n) is 12.0. The van der Waals surface area contributed by atoms with Crippen molar-refractivity contribution in [2.45, 2.75) is 40.5 Å². The van der Waals surface area contributed by atoms with Crippen molar-refractivity contribution in [3.63, 3.8) is 0 Å². The summed E-state index contributed by atoms with van der Waals surface area (Å²) in [5.74, 6) is 0. The Morgan fingerprint density at radius 3 is 2.34 bits per heavy atom. The highest BCUT2D eigenvalue weighted by Gasteiger charge is 2.19. The molecule has 0 N–H and O–H groups in total. The van der Waals surface area contributed by atoms with Crippen LogP contribution in [0.1, 0.15) is 49.7 Å². The standard InChI is InChI=1S/C29H26BrN3.C2H6/c1-5-21-12-13-22-14-17-27(33-29(22)28(21)31-6-2)24-9-7-8-23(18-24)26-15-10-19(3)25(32-26)16-11-20(4)30;1-2/h5-11,14-18H,1,4,12-13H2,2-3H3;1-2H3/b16-11-,31-6?;. The molecule has 0 unspecified atom stereocenters. The average Bonchev–Trinajstić information content (AvgIpc) is 2.89. The predicted octanol–water partition coefficient (Wildman–Crippen LogP) is 9.00. The number of nitrogens with zero attached hydrogens (tertiary/aromatic N) is 3. The summed E-state index contributed by atoms with van der Waals surface area (Å²) in [6.45, 7) is 15.8. The minimum atomic E-state index is 0.815. The molecule has 0 aliphatic heterocycles. The van der Waals surface area contributed by atoms with Gasteiger partial charge in [-0.05, 0) is 73.7 Å². The van der Waals surface area contributed by atoms with Gasteiger partial charge in [-0.25, -0.2) is 9.97 Å². The lowest BCUT2D eigenvalue weighted by atomic mass is 9.92. The monoisotopic (exact) mass is 525 g/mol. The van der Waals surface area contributed by atoms with Gasteiger partial charge in [-0.1, -0.05) is 79.3 Å². The van der Waals surface area contributed by atoms with Crippen LogP contribution in [-0.4, -0.2) is 16.2 Å². The lowest BCUT2D eigenvalue weighted by Crippen LogP contribution is -2.06. The third kappa shape index (κ3) is 6.20. The summed E-state index contributed by atoms with van der Waals surface area (Å²) < 4.78 is 0.815. The summed E-state index contributed by atoms with van der Waals surface area (Å²) in [7, 11) is 0. The molecule has 3 nitrogen and oxygen atoms in total. The number of aromatic nitrogens is 2. The van der Waals surface area contributed by atoms with Crippen LogP contribution in [0, 0.1) is 6.92 Å². The summed E-state index contributed by atoms with van der Waals surface area (Å²) in [5.41, 5.74) is 10.2. The molecule has 1 aliphatic carbocycles. The fraction of sp³-hybridized carbons (Fsp3) is 0.194. The molecule has 0 saturated heterocycles. The minimum absolute atomic E-state index is 0.815. The number of hydrogen-bond acceptors (Lipinski definition) is 3. The van der Waals surface area contributed by atoms with E-state index < -0.39 is 0 Å². The van der Waals surface area contributed by atoms with Crippen LogP contribution in [0.2, 0.25) is 0 Å². The number of aryl methyl sites for hydroxylation is 2. The molecule has 0 saturated carbocycles. The van der Waals surface area contributed by atoms with Crippen molar-refractivity contribution in [2.24, 2.45) is 4.99 Å². The van der Waals surface area contributed by atoms with Gasteiger partial charge >= 0.3 is 0 Å². The van der Waals surface area contributed by atoms with E-state index in [1.807, 2.05) is 45.2 Å². The average molecular weight is 527 g/mol. The van der Waals surface area contributed by atoms with E-state index in [0.717, 1.165) is 68.1 Å². The Morgan fingerprint density at radius 1 is 1.00 bits per heavy atom. The third-order valence-corrected chi connectivity index (χ3v) is 5.95. The number of aliphatic imine (C=N–C) groups is 1. The minimum Gasteiger partial charge on any atom is -0.259 e. The molecule has 4 heteroatoms. The molecule has 178 valence electrons. The fourth-order valence-corrected chi connectivity index (χ4v) is 4.08. The van der Waals surface area contributed by atoms with Crippen molar-refractivity contribution >= 4 is 33.9 Å².